The Morgan fingerprint density at radius 2 is 2.11 bits per heavy atom. The molecule has 1 aliphatic heterocycles. The lowest BCUT2D eigenvalue weighted by molar-refractivity contribution is 0.102. The van der Waals surface area contributed by atoms with Crippen LogP contribution in [-0.2, 0) is 13.6 Å². The molecule has 0 atom stereocenters. The first-order valence-electron chi connectivity index (χ1n) is 8.69. The van der Waals surface area contributed by atoms with Crippen molar-refractivity contribution in [3.63, 3.8) is 0 Å². The molecule has 4 aromatic rings. The molecule has 1 aromatic carbocycles. The fourth-order valence-corrected chi connectivity index (χ4v) is 3.28. The number of ether oxygens (including phenoxy) is 1. The number of fused-ring (bicyclic) bond motifs is 2. The molecule has 0 saturated carbocycles. The molecule has 2 N–H and O–H groups in total. The van der Waals surface area contributed by atoms with Gasteiger partial charge in [-0.3, -0.25) is 9.89 Å². The molecule has 9 heteroatoms. The zero-order chi connectivity index (χ0) is 18.4. The SMILES string of the molecule is Cn1nc(-c2ccccc2)c2c(NC(=O)c3cc4n(n3)CCCO4)[nH]nc21. The molecular formula is C18H17N7O2. The van der Waals surface area contributed by atoms with E-state index in [0.717, 1.165) is 29.6 Å². The molecule has 9 nitrogen and oxygen atoms in total. The first kappa shape index (κ1) is 15.6. The number of nitrogens with one attached hydrogen (secondary N) is 2. The van der Waals surface area contributed by atoms with Crippen LogP contribution in [0.5, 0.6) is 5.88 Å². The number of benzene rings is 1. The number of carbonyl (C=O) groups is 1. The Morgan fingerprint density at radius 3 is 2.93 bits per heavy atom. The Labute approximate surface area is 153 Å². The summed E-state index contributed by atoms with van der Waals surface area (Å²) in [6, 6.07) is 11.4. The van der Waals surface area contributed by atoms with Crippen molar-refractivity contribution in [1.29, 1.82) is 0 Å². The monoisotopic (exact) mass is 363 g/mol. The molecule has 0 unspecified atom stereocenters. The van der Waals surface area contributed by atoms with Crippen LogP contribution in [0.1, 0.15) is 16.9 Å². The van der Waals surface area contributed by atoms with Crippen LogP contribution in [0.25, 0.3) is 22.3 Å². The van der Waals surface area contributed by atoms with Gasteiger partial charge in [0.1, 0.15) is 11.5 Å². The predicted molar refractivity (Wildman–Crippen MR) is 98.6 cm³/mol. The second kappa shape index (κ2) is 5.97. The minimum absolute atomic E-state index is 0.305. The maximum Gasteiger partial charge on any atom is 0.277 e. The molecular weight excluding hydrogens is 346 g/mol. The summed E-state index contributed by atoms with van der Waals surface area (Å²) in [6.45, 7) is 1.39. The number of aryl methyl sites for hydroxylation is 2. The molecule has 3 aromatic heterocycles. The Hall–Kier alpha value is -3.62. The molecule has 4 heterocycles. The van der Waals surface area contributed by atoms with Crippen LogP contribution >= 0.6 is 0 Å². The average molecular weight is 363 g/mol. The highest BCUT2D eigenvalue weighted by atomic mass is 16.5. The van der Waals surface area contributed by atoms with Crippen molar-refractivity contribution in [1.82, 2.24) is 29.8 Å². The molecule has 5 rings (SSSR count). The first-order valence-corrected chi connectivity index (χ1v) is 8.69. The fraction of sp³-hybridized carbons (Fsp3) is 0.222. The van der Waals surface area contributed by atoms with Gasteiger partial charge in [0, 0.05) is 31.6 Å². The normalized spacial score (nSPS) is 13.4. The summed E-state index contributed by atoms with van der Waals surface area (Å²) in [5.41, 5.74) is 2.67. The highest BCUT2D eigenvalue weighted by Gasteiger charge is 2.22. The van der Waals surface area contributed by atoms with Crippen molar-refractivity contribution in [3.05, 3.63) is 42.1 Å². The van der Waals surface area contributed by atoms with Crippen molar-refractivity contribution < 1.29 is 9.53 Å². The zero-order valence-electron chi connectivity index (χ0n) is 14.6. The lowest BCUT2D eigenvalue weighted by Crippen LogP contribution is -2.16. The van der Waals surface area contributed by atoms with E-state index in [1.54, 1.807) is 15.4 Å². The molecule has 136 valence electrons. The molecule has 27 heavy (non-hydrogen) atoms. The summed E-state index contributed by atoms with van der Waals surface area (Å²) in [5, 5.41) is 19.7. The Kier molecular flexibility index (Phi) is 3.46. The third-order valence-corrected chi connectivity index (χ3v) is 4.57. The number of anilines is 1. The summed E-state index contributed by atoms with van der Waals surface area (Å²) in [4.78, 5) is 12.7. The number of hydrogen-bond acceptors (Lipinski definition) is 5. The topological polar surface area (TPSA) is 103 Å². The smallest absolute Gasteiger partial charge is 0.277 e. The van der Waals surface area contributed by atoms with E-state index in [-0.39, 0.29) is 5.91 Å². The van der Waals surface area contributed by atoms with E-state index < -0.39 is 0 Å². The van der Waals surface area contributed by atoms with E-state index in [2.05, 4.69) is 25.7 Å². The van der Waals surface area contributed by atoms with Gasteiger partial charge in [-0.25, -0.2) is 9.36 Å². The highest BCUT2D eigenvalue weighted by molar-refractivity contribution is 6.09. The highest BCUT2D eigenvalue weighted by Crippen LogP contribution is 2.31. The summed E-state index contributed by atoms with van der Waals surface area (Å²) in [5.74, 6) is 0.787. The zero-order valence-corrected chi connectivity index (χ0v) is 14.6. The number of aromatic nitrogens is 6. The van der Waals surface area contributed by atoms with E-state index in [9.17, 15) is 4.79 Å². The number of rotatable bonds is 3. The number of carbonyl (C=O) groups excluding carboxylic acids is 1. The van der Waals surface area contributed by atoms with Crippen LogP contribution in [-0.4, -0.2) is 42.3 Å². The van der Waals surface area contributed by atoms with Crippen molar-refractivity contribution in [2.24, 2.45) is 7.05 Å². The third kappa shape index (κ3) is 2.55. The minimum atomic E-state index is -0.325. The van der Waals surface area contributed by atoms with Gasteiger partial charge in [-0.05, 0) is 0 Å². The molecule has 1 amide bonds. The van der Waals surface area contributed by atoms with Gasteiger partial charge in [0.05, 0.1) is 12.0 Å². The van der Waals surface area contributed by atoms with Crippen LogP contribution in [0.4, 0.5) is 5.82 Å². The molecule has 0 fully saturated rings. The lowest BCUT2D eigenvalue weighted by atomic mass is 10.1. The predicted octanol–water partition coefficient (Wildman–Crippen LogP) is 2.19. The summed E-state index contributed by atoms with van der Waals surface area (Å²) < 4.78 is 8.92. The summed E-state index contributed by atoms with van der Waals surface area (Å²) in [6.07, 6.45) is 0.882. The van der Waals surface area contributed by atoms with Crippen molar-refractivity contribution >= 4 is 22.8 Å². The molecule has 0 bridgehead atoms. The quantitative estimate of drug-likeness (QED) is 0.581. The van der Waals surface area contributed by atoms with Crippen molar-refractivity contribution in [2.75, 3.05) is 11.9 Å². The second-order valence-electron chi connectivity index (χ2n) is 6.38. The number of amides is 1. The molecule has 1 aliphatic rings. The number of H-pyrrole nitrogens is 1. The molecule has 0 spiro atoms. The number of hydrogen-bond donors (Lipinski definition) is 2. The molecule has 0 saturated heterocycles. The van der Waals surface area contributed by atoms with E-state index in [4.69, 9.17) is 4.74 Å². The maximum atomic E-state index is 12.7. The van der Waals surface area contributed by atoms with Gasteiger partial charge in [0.15, 0.2) is 11.3 Å². The van der Waals surface area contributed by atoms with Crippen LogP contribution in [0, 0.1) is 0 Å². The Bertz CT molecular complexity index is 1120. The minimum Gasteiger partial charge on any atom is -0.478 e. The first-order chi connectivity index (χ1) is 13.2. The van der Waals surface area contributed by atoms with Gasteiger partial charge >= 0.3 is 0 Å². The molecule has 0 radical (unpaired) electrons. The summed E-state index contributed by atoms with van der Waals surface area (Å²) in [7, 11) is 1.82. The number of nitrogens with zero attached hydrogens (tertiary/aromatic N) is 5. The second-order valence-corrected chi connectivity index (χ2v) is 6.38. The van der Waals surface area contributed by atoms with Gasteiger partial charge in [0.2, 0.25) is 5.88 Å². The molecule has 0 aliphatic carbocycles. The van der Waals surface area contributed by atoms with Gasteiger partial charge in [-0.15, -0.1) is 0 Å². The third-order valence-electron chi connectivity index (χ3n) is 4.57. The van der Waals surface area contributed by atoms with E-state index in [0.29, 0.717) is 29.6 Å². The van der Waals surface area contributed by atoms with Gasteiger partial charge < -0.3 is 10.1 Å². The van der Waals surface area contributed by atoms with E-state index in [1.165, 1.54) is 0 Å². The maximum absolute atomic E-state index is 12.7. The van der Waals surface area contributed by atoms with Crippen LogP contribution in [0.15, 0.2) is 36.4 Å². The standard InChI is InChI=1S/C18H17N7O2/c1-24-17-14(15(23-24)11-6-3-2-4-7-11)16(20-21-17)19-18(26)12-10-13-25(22-12)8-5-9-27-13/h2-4,6-7,10H,5,8-9H2,1H3,(H2,19,20,21,26). The van der Waals surface area contributed by atoms with Crippen LogP contribution in [0.3, 0.4) is 0 Å². The van der Waals surface area contributed by atoms with Crippen LogP contribution < -0.4 is 10.1 Å². The van der Waals surface area contributed by atoms with E-state index in [1.807, 2.05) is 37.4 Å². The van der Waals surface area contributed by atoms with Gasteiger partial charge in [0.25, 0.3) is 5.91 Å². The largest absolute Gasteiger partial charge is 0.478 e. The van der Waals surface area contributed by atoms with Gasteiger partial charge in [-0.2, -0.15) is 15.3 Å². The summed E-state index contributed by atoms with van der Waals surface area (Å²) >= 11 is 0. The van der Waals surface area contributed by atoms with Crippen LogP contribution in [0.2, 0.25) is 0 Å². The van der Waals surface area contributed by atoms with E-state index >= 15 is 0 Å². The Morgan fingerprint density at radius 1 is 1.26 bits per heavy atom. The number of aromatic amines is 1. The van der Waals surface area contributed by atoms with Crippen molar-refractivity contribution in [2.45, 2.75) is 13.0 Å². The lowest BCUT2D eigenvalue weighted by Gasteiger charge is -2.13. The van der Waals surface area contributed by atoms with Gasteiger partial charge in [-0.1, -0.05) is 30.3 Å². The average Bonchev–Trinajstić information content (AvgIpc) is 3.38. The Balaban J connectivity index is 1.52. The fourth-order valence-electron chi connectivity index (χ4n) is 3.28. The van der Waals surface area contributed by atoms with Crippen molar-refractivity contribution in [3.8, 4) is 17.1 Å².